The molecule has 2 nitrogen and oxygen atoms in total. The Morgan fingerprint density at radius 1 is 1.50 bits per heavy atom. The van der Waals surface area contributed by atoms with E-state index in [9.17, 15) is 0 Å². The average Bonchev–Trinajstić information content (AvgIpc) is 2.29. The molecule has 12 heavy (non-hydrogen) atoms. The van der Waals surface area contributed by atoms with Crippen LogP contribution in [0.5, 0.6) is 0 Å². The number of nitrogens with zero attached hydrogens (tertiary/aromatic N) is 1. The zero-order valence-electron chi connectivity index (χ0n) is 8.14. The van der Waals surface area contributed by atoms with Crippen LogP contribution in [0.3, 0.4) is 0 Å². The van der Waals surface area contributed by atoms with Crippen molar-refractivity contribution in [1.29, 1.82) is 0 Å². The summed E-state index contributed by atoms with van der Waals surface area (Å²) in [5.74, 6) is 1.73. The van der Waals surface area contributed by atoms with Crippen LogP contribution in [0.2, 0.25) is 0 Å². The third kappa shape index (κ3) is 1.97. The minimum absolute atomic E-state index is 0.749. The van der Waals surface area contributed by atoms with Crippen molar-refractivity contribution in [3.8, 4) is 0 Å². The van der Waals surface area contributed by atoms with Crippen molar-refractivity contribution < 1.29 is 4.42 Å². The summed E-state index contributed by atoms with van der Waals surface area (Å²) in [5.41, 5.74) is 2.23. The second kappa shape index (κ2) is 3.57. The van der Waals surface area contributed by atoms with Crippen molar-refractivity contribution in [3.05, 3.63) is 22.9 Å². The molecule has 0 atom stereocenters. The molecule has 0 aliphatic heterocycles. The van der Waals surface area contributed by atoms with Crippen LogP contribution in [0.4, 0.5) is 0 Å². The maximum Gasteiger partial charge on any atom is 0.191 e. The Morgan fingerprint density at radius 2 is 2.17 bits per heavy atom. The Kier molecular flexibility index (Phi) is 2.69. The lowest BCUT2D eigenvalue weighted by Gasteiger charge is -1.90. The molecule has 0 N–H and O–H groups in total. The molecule has 0 saturated heterocycles. The Morgan fingerprint density at radius 3 is 2.67 bits per heavy atom. The van der Waals surface area contributed by atoms with Gasteiger partial charge in [0.2, 0.25) is 0 Å². The Hall–Kier alpha value is -1.05. The molecule has 0 radical (unpaired) electrons. The van der Waals surface area contributed by atoms with E-state index >= 15 is 0 Å². The summed E-state index contributed by atoms with van der Waals surface area (Å²) in [5, 5.41) is 0. The lowest BCUT2D eigenvalue weighted by molar-refractivity contribution is 0.479. The molecule has 0 spiro atoms. The molecule has 1 aromatic heterocycles. The summed E-state index contributed by atoms with van der Waals surface area (Å²) >= 11 is 0. The van der Waals surface area contributed by atoms with E-state index in [-0.39, 0.29) is 0 Å². The van der Waals surface area contributed by atoms with Gasteiger partial charge in [-0.2, -0.15) is 0 Å². The van der Waals surface area contributed by atoms with Gasteiger partial charge in [0.05, 0.1) is 0 Å². The van der Waals surface area contributed by atoms with Crippen molar-refractivity contribution in [3.63, 3.8) is 0 Å². The fourth-order valence-electron chi connectivity index (χ4n) is 1.12. The summed E-state index contributed by atoms with van der Waals surface area (Å²) in [6.45, 7) is 8.07. The molecule has 0 unspecified atom stereocenters. The van der Waals surface area contributed by atoms with Gasteiger partial charge < -0.3 is 4.42 Å². The number of aryl methyl sites for hydroxylation is 2. The monoisotopic (exact) mass is 165 g/mol. The van der Waals surface area contributed by atoms with Crippen molar-refractivity contribution in [2.75, 3.05) is 0 Å². The molecule has 1 rings (SSSR count). The number of oxazole rings is 1. The van der Waals surface area contributed by atoms with E-state index in [1.165, 1.54) is 5.57 Å². The normalized spacial score (nSPS) is 10.0. The SMILES string of the molecule is CCc1oc(C)nc1C=C(C)C. The van der Waals surface area contributed by atoms with Gasteiger partial charge in [0, 0.05) is 13.3 Å². The zero-order chi connectivity index (χ0) is 9.14. The second-order valence-electron chi connectivity index (χ2n) is 3.12. The first-order chi connectivity index (χ1) is 5.63. The Balaban J connectivity index is 3.05. The molecule has 2 heteroatoms. The topological polar surface area (TPSA) is 26.0 Å². The molecule has 1 heterocycles. The molecule has 0 fully saturated rings. The highest BCUT2D eigenvalue weighted by Crippen LogP contribution is 2.14. The van der Waals surface area contributed by atoms with Crippen molar-refractivity contribution in [2.24, 2.45) is 0 Å². The maximum atomic E-state index is 5.41. The van der Waals surface area contributed by atoms with Gasteiger partial charge in [-0.15, -0.1) is 0 Å². The molecule has 0 aromatic carbocycles. The Bertz CT molecular complexity index is 293. The molecule has 66 valence electrons. The van der Waals surface area contributed by atoms with Gasteiger partial charge in [-0.05, 0) is 19.9 Å². The highest BCUT2D eigenvalue weighted by Gasteiger charge is 2.05. The van der Waals surface area contributed by atoms with Crippen LogP contribution < -0.4 is 0 Å². The number of hydrogen-bond acceptors (Lipinski definition) is 2. The first-order valence-electron chi connectivity index (χ1n) is 4.24. The summed E-state index contributed by atoms with van der Waals surface area (Å²) in [7, 11) is 0. The third-order valence-corrected chi connectivity index (χ3v) is 1.58. The van der Waals surface area contributed by atoms with E-state index < -0.39 is 0 Å². The molecular formula is C10H15NO. The largest absolute Gasteiger partial charge is 0.445 e. The third-order valence-electron chi connectivity index (χ3n) is 1.58. The van der Waals surface area contributed by atoms with Crippen LogP contribution in [-0.4, -0.2) is 4.98 Å². The van der Waals surface area contributed by atoms with Crippen LogP contribution in [-0.2, 0) is 6.42 Å². The standard InChI is InChI=1S/C10H15NO/c1-5-10-9(6-7(2)3)11-8(4)12-10/h6H,5H2,1-4H3. The van der Waals surface area contributed by atoms with E-state index in [0.717, 1.165) is 23.8 Å². The number of aromatic nitrogens is 1. The van der Waals surface area contributed by atoms with Crippen LogP contribution >= 0.6 is 0 Å². The van der Waals surface area contributed by atoms with E-state index in [1.54, 1.807) is 0 Å². The average molecular weight is 165 g/mol. The summed E-state index contributed by atoms with van der Waals surface area (Å²) in [6.07, 6.45) is 2.95. The molecule has 0 saturated carbocycles. The summed E-state index contributed by atoms with van der Waals surface area (Å²) in [6, 6.07) is 0. The zero-order valence-corrected chi connectivity index (χ0v) is 8.14. The molecular weight excluding hydrogens is 150 g/mol. The summed E-state index contributed by atoms with van der Waals surface area (Å²) in [4.78, 5) is 4.28. The van der Waals surface area contributed by atoms with Crippen LogP contribution in [0.25, 0.3) is 6.08 Å². The first-order valence-corrected chi connectivity index (χ1v) is 4.24. The van der Waals surface area contributed by atoms with Crippen molar-refractivity contribution in [2.45, 2.75) is 34.1 Å². The smallest absolute Gasteiger partial charge is 0.191 e. The highest BCUT2D eigenvalue weighted by molar-refractivity contribution is 5.49. The molecule has 0 bridgehead atoms. The van der Waals surface area contributed by atoms with Gasteiger partial charge in [0.1, 0.15) is 11.5 Å². The lowest BCUT2D eigenvalue weighted by Crippen LogP contribution is -1.81. The van der Waals surface area contributed by atoms with E-state index in [2.05, 4.69) is 31.8 Å². The van der Waals surface area contributed by atoms with Gasteiger partial charge in [0.25, 0.3) is 0 Å². The number of rotatable bonds is 2. The summed E-state index contributed by atoms with van der Waals surface area (Å²) < 4.78 is 5.41. The molecule has 0 aliphatic carbocycles. The fourth-order valence-corrected chi connectivity index (χ4v) is 1.12. The minimum atomic E-state index is 0.749. The van der Waals surface area contributed by atoms with Crippen LogP contribution in [0.1, 0.15) is 38.1 Å². The quantitative estimate of drug-likeness (QED) is 0.673. The van der Waals surface area contributed by atoms with E-state index in [4.69, 9.17) is 4.42 Å². The predicted octanol–water partition coefficient (Wildman–Crippen LogP) is 2.97. The van der Waals surface area contributed by atoms with Gasteiger partial charge >= 0.3 is 0 Å². The number of allylic oxidation sites excluding steroid dienone is 1. The minimum Gasteiger partial charge on any atom is -0.445 e. The second-order valence-corrected chi connectivity index (χ2v) is 3.12. The molecule has 0 aliphatic rings. The fraction of sp³-hybridized carbons (Fsp3) is 0.500. The number of hydrogen-bond donors (Lipinski definition) is 0. The Labute approximate surface area is 73.3 Å². The van der Waals surface area contributed by atoms with Gasteiger partial charge in [-0.3, -0.25) is 0 Å². The first kappa shape index (κ1) is 9.04. The van der Waals surface area contributed by atoms with Crippen molar-refractivity contribution >= 4 is 6.08 Å². The van der Waals surface area contributed by atoms with E-state index in [1.807, 2.05) is 6.92 Å². The lowest BCUT2D eigenvalue weighted by atomic mass is 10.2. The highest BCUT2D eigenvalue weighted by atomic mass is 16.4. The van der Waals surface area contributed by atoms with Crippen LogP contribution in [0.15, 0.2) is 9.99 Å². The van der Waals surface area contributed by atoms with Crippen LogP contribution in [0, 0.1) is 6.92 Å². The maximum absolute atomic E-state index is 5.41. The van der Waals surface area contributed by atoms with E-state index in [0.29, 0.717) is 0 Å². The van der Waals surface area contributed by atoms with Gasteiger partial charge in [-0.1, -0.05) is 12.5 Å². The molecule has 1 aromatic rings. The van der Waals surface area contributed by atoms with Crippen molar-refractivity contribution in [1.82, 2.24) is 4.98 Å². The van der Waals surface area contributed by atoms with Gasteiger partial charge in [0.15, 0.2) is 5.89 Å². The molecule has 0 amide bonds. The predicted molar refractivity (Wildman–Crippen MR) is 49.9 cm³/mol. The van der Waals surface area contributed by atoms with Gasteiger partial charge in [-0.25, -0.2) is 4.98 Å².